The zero-order valence-corrected chi connectivity index (χ0v) is 26.3. The van der Waals surface area contributed by atoms with Crippen LogP contribution in [0, 0.1) is 31.0 Å². The molecule has 3 rings (SSSR count). The number of nitrogen functional groups attached to an aromatic ring is 3. The Balaban J connectivity index is 0.000000513. The summed E-state index contributed by atoms with van der Waals surface area (Å²) in [6.45, 7) is 22.5. The lowest BCUT2D eigenvalue weighted by Crippen LogP contribution is -1.90. The molecule has 3 aromatic rings. The molecule has 0 heterocycles. The molecule has 0 unspecified atom stereocenters. The van der Waals surface area contributed by atoms with E-state index in [1.54, 1.807) is 42.5 Å². The number of rotatable bonds is 3. The molecule has 38 heavy (non-hydrogen) atoms. The van der Waals surface area contributed by atoms with Crippen LogP contribution in [0.25, 0.3) is 14.5 Å². The van der Waals surface area contributed by atoms with Gasteiger partial charge in [-0.05, 0) is 58.4 Å². The SMILES string of the molecule is CC#N.[C-]#[N+]Cc1cc(Cl)c(N)cc1Br.[C-]#[N+]Cc1ccc(N)c(Cl)c1Br.[C-]#[N+]Cc1ccc(N)cc1Br. The predicted octanol–water partition coefficient (Wildman–Crippen LogP) is 9.19. The van der Waals surface area contributed by atoms with Crippen molar-refractivity contribution in [2.75, 3.05) is 17.2 Å². The van der Waals surface area contributed by atoms with Crippen LogP contribution in [-0.2, 0) is 19.6 Å². The van der Waals surface area contributed by atoms with Gasteiger partial charge < -0.3 is 31.7 Å². The van der Waals surface area contributed by atoms with Crippen molar-refractivity contribution in [3.8, 4) is 6.07 Å². The summed E-state index contributed by atoms with van der Waals surface area (Å²) in [5.74, 6) is 0. The first-order valence-electron chi connectivity index (χ1n) is 10.3. The van der Waals surface area contributed by atoms with E-state index in [9.17, 15) is 0 Å². The first-order valence-corrected chi connectivity index (χ1v) is 13.4. The van der Waals surface area contributed by atoms with Gasteiger partial charge >= 0.3 is 0 Å². The van der Waals surface area contributed by atoms with Gasteiger partial charge in [0.1, 0.15) is 0 Å². The van der Waals surface area contributed by atoms with E-state index in [0.717, 1.165) is 30.1 Å². The molecule has 196 valence electrons. The molecule has 0 aliphatic rings. The highest BCUT2D eigenvalue weighted by Gasteiger charge is 2.08. The van der Waals surface area contributed by atoms with E-state index in [2.05, 4.69) is 62.3 Å². The molecule has 12 heteroatoms. The van der Waals surface area contributed by atoms with Crippen LogP contribution in [-0.4, -0.2) is 0 Å². The Kier molecular flexibility index (Phi) is 17.7. The Labute approximate surface area is 258 Å². The molecule has 0 spiro atoms. The van der Waals surface area contributed by atoms with Crippen LogP contribution < -0.4 is 17.2 Å². The maximum atomic E-state index is 7.32. The maximum absolute atomic E-state index is 7.32. The van der Waals surface area contributed by atoms with Crippen molar-refractivity contribution in [2.24, 2.45) is 0 Å². The monoisotopic (exact) mass is 739 g/mol. The van der Waals surface area contributed by atoms with Crippen LogP contribution in [0.2, 0.25) is 10.0 Å². The van der Waals surface area contributed by atoms with Gasteiger partial charge in [0.2, 0.25) is 19.6 Å². The first kappa shape index (κ1) is 35.0. The van der Waals surface area contributed by atoms with E-state index in [0.29, 0.717) is 46.7 Å². The van der Waals surface area contributed by atoms with E-state index >= 15 is 0 Å². The Morgan fingerprint density at radius 1 is 0.763 bits per heavy atom. The maximum Gasteiger partial charge on any atom is 0.240 e. The fraction of sp³-hybridized carbons (Fsp3) is 0.154. The molecule has 0 radical (unpaired) electrons. The topological polar surface area (TPSA) is 115 Å². The molecule has 0 saturated carbocycles. The number of hydrogen-bond donors (Lipinski definition) is 3. The largest absolute Gasteiger partial charge is 0.399 e. The van der Waals surface area contributed by atoms with Gasteiger partial charge in [-0.2, -0.15) is 5.26 Å². The number of nitriles is 1. The lowest BCUT2D eigenvalue weighted by atomic mass is 10.2. The predicted molar refractivity (Wildman–Crippen MR) is 168 cm³/mol. The Morgan fingerprint density at radius 3 is 1.76 bits per heavy atom. The Bertz CT molecular complexity index is 1390. The molecule has 7 nitrogen and oxygen atoms in total. The van der Waals surface area contributed by atoms with E-state index < -0.39 is 0 Å². The van der Waals surface area contributed by atoms with Crippen molar-refractivity contribution in [1.29, 1.82) is 5.26 Å². The van der Waals surface area contributed by atoms with Gasteiger partial charge in [-0.15, -0.1) is 0 Å². The molecule has 0 amide bonds. The Morgan fingerprint density at radius 2 is 1.24 bits per heavy atom. The second-order valence-electron chi connectivity index (χ2n) is 6.93. The van der Waals surface area contributed by atoms with Crippen molar-refractivity contribution in [3.63, 3.8) is 0 Å². The molecule has 3 aromatic carbocycles. The lowest BCUT2D eigenvalue weighted by molar-refractivity contribution is 1.25. The first-order chi connectivity index (χ1) is 18.0. The van der Waals surface area contributed by atoms with Crippen LogP contribution in [0.3, 0.4) is 0 Å². The zero-order chi connectivity index (χ0) is 29.3. The van der Waals surface area contributed by atoms with Gasteiger partial charge in [-0.3, -0.25) is 0 Å². The second-order valence-corrected chi connectivity index (χ2v) is 10.2. The van der Waals surface area contributed by atoms with Gasteiger partial charge in [-0.25, -0.2) is 19.7 Å². The van der Waals surface area contributed by atoms with E-state index in [-0.39, 0.29) is 0 Å². The molecule has 0 aliphatic heterocycles. The van der Waals surface area contributed by atoms with E-state index in [1.165, 1.54) is 6.92 Å². The highest BCUT2D eigenvalue weighted by Crippen LogP contribution is 2.32. The van der Waals surface area contributed by atoms with Crippen LogP contribution in [0.15, 0.2) is 55.9 Å². The smallest absolute Gasteiger partial charge is 0.240 e. The third kappa shape index (κ3) is 12.5. The fourth-order valence-electron chi connectivity index (χ4n) is 2.40. The average molecular weight is 743 g/mol. The molecule has 0 aromatic heterocycles. The summed E-state index contributed by atoms with van der Waals surface area (Å²) in [4.78, 5) is 9.79. The second kappa shape index (κ2) is 19.2. The minimum Gasteiger partial charge on any atom is -0.399 e. The molecule has 0 fully saturated rings. The van der Waals surface area contributed by atoms with Crippen LogP contribution in [0.1, 0.15) is 23.6 Å². The van der Waals surface area contributed by atoms with Crippen LogP contribution >= 0.6 is 71.0 Å². The summed E-state index contributed by atoms with van der Waals surface area (Å²) in [6.07, 6.45) is 0. The van der Waals surface area contributed by atoms with Crippen LogP contribution in [0.5, 0.6) is 0 Å². The highest BCUT2D eigenvalue weighted by atomic mass is 79.9. The fourth-order valence-corrected chi connectivity index (χ4v) is 4.26. The molecular formula is C26H22Br3Cl2N7. The van der Waals surface area contributed by atoms with Gasteiger partial charge in [-0.1, -0.05) is 55.1 Å². The molecule has 0 atom stereocenters. The van der Waals surface area contributed by atoms with E-state index in [4.69, 9.17) is 65.4 Å². The highest BCUT2D eigenvalue weighted by molar-refractivity contribution is 9.11. The number of anilines is 3. The number of benzene rings is 3. The van der Waals surface area contributed by atoms with Crippen molar-refractivity contribution in [1.82, 2.24) is 0 Å². The van der Waals surface area contributed by atoms with Crippen molar-refractivity contribution >= 4 is 88.1 Å². The van der Waals surface area contributed by atoms with Gasteiger partial charge in [0.25, 0.3) is 0 Å². The van der Waals surface area contributed by atoms with Gasteiger partial charge in [0.05, 0.1) is 27.5 Å². The normalized spacial score (nSPS) is 8.79. The average Bonchev–Trinajstić information content (AvgIpc) is 2.86. The lowest BCUT2D eigenvalue weighted by Gasteiger charge is -2.02. The Hall–Kier alpha value is -2.96. The number of hydrogen-bond acceptors (Lipinski definition) is 4. The molecular weight excluding hydrogens is 721 g/mol. The minimum atomic E-state index is 0.320. The molecule has 0 aliphatic carbocycles. The quantitative estimate of drug-likeness (QED) is 0.183. The summed E-state index contributed by atoms with van der Waals surface area (Å²) in [5.41, 5.74) is 21.1. The summed E-state index contributed by atoms with van der Waals surface area (Å²) in [5, 5.41) is 8.30. The molecule has 6 N–H and O–H groups in total. The molecule has 0 bridgehead atoms. The summed E-state index contributed by atoms with van der Waals surface area (Å²) >= 11 is 21.5. The zero-order valence-electron chi connectivity index (χ0n) is 20.1. The summed E-state index contributed by atoms with van der Waals surface area (Å²) < 4.78 is 2.47. The van der Waals surface area contributed by atoms with Gasteiger partial charge in [0.15, 0.2) is 0 Å². The standard InChI is InChI=1S/2C8H6BrClN2.C8H7BrN2.C2H3N/c1-12-4-5-2-7(10)8(11)3-6(5)9;1-12-4-5-2-3-6(11)8(10)7(5)9;1-11-5-6-2-3-7(10)4-8(6)9;1-2-3/h2*2-3H,4,11H2;2-4H,5,10H2;1H3. The number of halogens is 5. The van der Waals surface area contributed by atoms with Crippen molar-refractivity contribution < 1.29 is 0 Å². The van der Waals surface area contributed by atoms with Gasteiger partial charge in [0, 0.05) is 42.7 Å². The number of nitrogens with two attached hydrogens (primary N) is 3. The van der Waals surface area contributed by atoms with Crippen LogP contribution in [0.4, 0.5) is 17.1 Å². The summed E-state index contributed by atoms with van der Waals surface area (Å²) in [6, 6.07) is 14.1. The number of nitrogens with zero attached hydrogens (tertiary/aromatic N) is 4. The molecule has 0 saturated heterocycles. The van der Waals surface area contributed by atoms with Crippen molar-refractivity contribution in [2.45, 2.75) is 26.6 Å². The van der Waals surface area contributed by atoms with E-state index in [1.807, 2.05) is 6.07 Å². The third-order valence-corrected chi connectivity index (χ3v) is 7.53. The van der Waals surface area contributed by atoms with Crippen molar-refractivity contribution in [3.05, 3.63) is 117 Å². The third-order valence-electron chi connectivity index (χ3n) is 4.18. The summed E-state index contributed by atoms with van der Waals surface area (Å²) in [7, 11) is 0. The minimum absolute atomic E-state index is 0.320.